The molecule has 0 atom stereocenters. The zero-order valence-corrected chi connectivity index (χ0v) is 6.03. The van der Waals surface area contributed by atoms with Crippen LogP contribution in [0, 0.1) is 0 Å². The van der Waals surface area contributed by atoms with Crippen LogP contribution in [-0.2, 0) is 6.54 Å². The van der Waals surface area contributed by atoms with Gasteiger partial charge in [0, 0.05) is 5.56 Å². The maximum Gasteiger partial charge on any atom is 0.131 e. The van der Waals surface area contributed by atoms with Crippen LogP contribution in [0.5, 0.6) is 5.75 Å². The largest absolute Gasteiger partial charge is 0.463 e. The van der Waals surface area contributed by atoms with Crippen molar-refractivity contribution in [1.29, 1.82) is 0 Å². The van der Waals surface area contributed by atoms with Crippen LogP contribution in [0.1, 0.15) is 5.56 Å². The minimum Gasteiger partial charge on any atom is -0.463 e. The molecule has 0 fully saturated rings. The molecule has 1 aliphatic rings. The summed E-state index contributed by atoms with van der Waals surface area (Å²) in [6, 6.07) is 7.91. The smallest absolute Gasteiger partial charge is 0.131 e. The molecule has 1 heterocycles. The predicted octanol–water partition coefficient (Wildman–Crippen LogP) is 1.65. The molecule has 0 amide bonds. The van der Waals surface area contributed by atoms with Gasteiger partial charge in [0.05, 0.1) is 12.7 Å². The Labute approximate surface area is 65.5 Å². The average molecular weight is 146 g/mol. The first kappa shape index (κ1) is 6.28. The van der Waals surface area contributed by atoms with E-state index >= 15 is 0 Å². The van der Waals surface area contributed by atoms with Gasteiger partial charge in [-0.2, -0.15) is 0 Å². The molecule has 2 nitrogen and oxygen atoms in total. The fourth-order valence-electron chi connectivity index (χ4n) is 1.05. The highest BCUT2D eigenvalue weighted by atomic mass is 16.5. The second kappa shape index (κ2) is 2.66. The van der Waals surface area contributed by atoms with E-state index in [1.807, 2.05) is 24.3 Å². The van der Waals surface area contributed by atoms with Gasteiger partial charge in [-0.05, 0) is 6.07 Å². The molecule has 11 heavy (non-hydrogen) atoms. The number of benzene rings is 1. The summed E-state index contributed by atoms with van der Waals surface area (Å²) in [5.74, 6) is 0.907. The maximum absolute atomic E-state index is 5.27. The van der Waals surface area contributed by atoms with Crippen LogP contribution in [0.25, 0.3) is 0 Å². The number of ether oxygens (including phenoxy) is 1. The number of hydrogen-bond acceptors (Lipinski definition) is 1. The molecule has 2 heteroatoms. The van der Waals surface area contributed by atoms with Crippen molar-refractivity contribution in [2.45, 2.75) is 6.54 Å². The fraction of sp³-hybridized carbons (Fsp3) is 0.111. The molecule has 55 valence electrons. The van der Waals surface area contributed by atoms with E-state index in [2.05, 4.69) is 5.32 Å². The molecule has 2 rings (SSSR count). The van der Waals surface area contributed by atoms with E-state index in [1.165, 1.54) is 0 Å². The molecule has 0 aliphatic carbocycles. The molecular formula is C9H8NO. The number of para-hydroxylation sites is 1. The van der Waals surface area contributed by atoms with Crippen LogP contribution >= 0.6 is 0 Å². The lowest BCUT2D eigenvalue weighted by Crippen LogP contribution is -1.93. The van der Waals surface area contributed by atoms with E-state index in [1.54, 1.807) is 12.5 Å². The van der Waals surface area contributed by atoms with E-state index in [0.717, 1.165) is 11.3 Å². The Morgan fingerprint density at radius 1 is 1.27 bits per heavy atom. The first-order valence-corrected chi connectivity index (χ1v) is 3.53. The summed E-state index contributed by atoms with van der Waals surface area (Å²) < 4.78 is 5.27. The van der Waals surface area contributed by atoms with Gasteiger partial charge in [0.2, 0.25) is 0 Å². The molecular weight excluding hydrogens is 138 g/mol. The maximum atomic E-state index is 5.27. The Hall–Kier alpha value is -1.44. The lowest BCUT2D eigenvalue weighted by Gasteiger charge is -2.02. The zero-order chi connectivity index (χ0) is 7.52. The highest BCUT2D eigenvalue weighted by Gasteiger charge is 2.02. The molecule has 1 aliphatic heterocycles. The SMILES string of the molecule is C1=COc2ccccc2C[N]1. The van der Waals surface area contributed by atoms with Gasteiger partial charge in [-0.3, -0.25) is 5.32 Å². The highest BCUT2D eigenvalue weighted by Crippen LogP contribution is 2.19. The van der Waals surface area contributed by atoms with Gasteiger partial charge < -0.3 is 4.74 Å². The molecule has 1 aromatic carbocycles. The van der Waals surface area contributed by atoms with Crippen molar-refractivity contribution in [3.8, 4) is 5.75 Å². The van der Waals surface area contributed by atoms with E-state index in [0.29, 0.717) is 6.54 Å². The summed E-state index contributed by atoms with van der Waals surface area (Å²) in [5, 5.41) is 4.11. The molecule has 0 spiro atoms. The molecule has 0 saturated carbocycles. The Morgan fingerprint density at radius 2 is 2.18 bits per heavy atom. The Balaban J connectivity index is 2.40. The van der Waals surface area contributed by atoms with Gasteiger partial charge in [-0.1, -0.05) is 18.2 Å². The van der Waals surface area contributed by atoms with E-state index in [4.69, 9.17) is 4.74 Å². The van der Waals surface area contributed by atoms with Crippen LogP contribution in [0.15, 0.2) is 36.7 Å². The monoisotopic (exact) mass is 146 g/mol. The second-order valence-corrected chi connectivity index (χ2v) is 2.35. The van der Waals surface area contributed by atoms with Crippen molar-refractivity contribution in [3.05, 3.63) is 42.3 Å². The molecule has 0 bridgehead atoms. The molecule has 1 radical (unpaired) electrons. The summed E-state index contributed by atoms with van der Waals surface area (Å²) in [5.41, 5.74) is 1.14. The van der Waals surface area contributed by atoms with Crippen LogP contribution in [0.4, 0.5) is 0 Å². The van der Waals surface area contributed by atoms with Crippen LogP contribution < -0.4 is 10.1 Å². The summed E-state index contributed by atoms with van der Waals surface area (Å²) >= 11 is 0. The minimum absolute atomic E-state index is 0.715. The fourth-order valence-corrected chi connectivity index (χ4v) is 1.05. The first-order valence-electron chi connectivity index (χ1n) is 3.53. The van der Waals surface area contributed by atoms with E-state index < -0.39 is 0 Å². The van der Waals surface area contributed by atoms with Crippen LogP contribution in [0.2, 0.25) is 0 Å². The van der Waals surface area contributed by atoms with Crippen molar-refractivity contribution in [3.63, 3.8) is 0 Å². The minimum atomic E-state index is 0.715. The van der Waals surface area contributed by atoms with Gasteiger partial charge >= 0.3 is 0 Å². The third-order valence-electron chi connectivity index (χ3n) is 1.60. The summed E-state index contributed by atoms with van der Waals surface area (Å²) in [4.78, 5) is 0. The van der Waals surface area contributed by atoms with Crippen LogP contribution in [-0.4, -0.2) is 0 Å². The summed E-state index contributed by atoms with van der Waals surface area (Å²) in [6.07, 6.45) is 3.28. The van der Waals surface area contributed by atoms with Crippen molar-refractivity contribution in [2.75, 3.05) is 0 Å². The lowest BCUT2D eigenvalue weighted by molar-refractivity contribution is 0.479. The molecule has 1 aromatic rings. The molecule has 0 aromatic heterocycles. The average Bonchev–Trinajstić information content (AvgIpc) is 2.28. The lowest BCUT2D eigenvalue weighted by atomic mass is 10.2. The molecule has 0 saturated heterocycles. The first-order chi connectivity index (χ1) is 5.47. The third-order valence-corrected chi connectivity index (χ3v) is 1.60. The van der Waals surface area contributed by atoms with Gasteiger partial charge in [0.1, 0.15) is 12.0 Å². The van der Waals surface area contributed by atoms with Crippen molar-refractivity contribution >= 4 is 0 Å². The van der Waals surface area contributed by atoms with E-state index in [-0.39, 0.29) is 0 Å². The topological polar surface area (TPSA) is 23.3 Å². The van der Waals surface area contributed by atoms with Gasteiger partial charge in [0.15, 0.2) is 0 Å². The normalized spacial score (nSPS) is 14.2. The standard InChI is InChI=1S/C9H8NO/c1-2-4-9-8(3-1)7-10-5-6-11-9/h1-6H,7H2. The predicted molar refractivity (Wildman–Crippen MR) is 42.0 cm³/mol. The Bertz CT molecular complexity index is 281. The van der Waals surface area contributed by atoms with Crippen molar-refractivity contribution in [1.82, 2.24) is 5.32 Å². The van der Waals surface area contributed by atoms with Gasteiger partial charge in [-0.15, -0.1) is 0 Å². The van der Waals surface area contributed by atoms with Crippen molar-refractivity contribution < 1.29 is 4.74 Å². The molecule has 0 N–H and O–H groups in total. The van der Waals surface area contributed by atoms with Gasteiger partial charge in [0.25, 0.3) is 0 Å². The number of rotatable bonds is 0. The highest BCUT2D eigenvalue weighted by molar-refractivity contribution is 5.34. The summed E-state index contributed by atoms with van der Waals surface area (Å²) in [6.45, 7) is 0.715. The number of fused-ring (bicyclic) bond motifs is 1. The quantitative estimate of drug-likeness (QED) is 0.546. The zero-order valence-electron chi connectivity index (χ0n) is 6.03. The third kappa shape index (κ3) is 1.19. The molecule has 0 unspecified atom stereocenters. The van der Waals surface area contributed by atoms with Gasteiger partial charge in [-0.25, -0.2) is 0 Å². The summed E-state index contributed by atoms with van der Waals surface area (Å²) in [7, 11) is 0. The van der Waals surface area contributed by atoms with Crippen LogP contribution in [0.3, 0.4) is 0 Å². The Morgan fingerprint density at radius 3 is 3.18 bits per heavy atom. The number of hydrogen-bond donors (Lipinski definition) is 0. The van der Waals surface area contributed by atoms with E-state index in [9.17, 15) is 0 Å². The number of nitrogens with zero attached hydrogens (tertiary/aromatic N) is 1. The second-order valence-electron chi connectivity index (χ2n) is 2.35. The van der Waals surface area contributed by atoms with Crippen molar-refractivity contribution in [2.24, 2.45) is 0 Å². The Kier molecular flexibility index (Phi) is 1.52.